The quantitative estimate of drug-likeness (QED) is 0.216. The molecule has 0 radical (unpaired) electrons. The van der Waals surface area contributed by atoms with E-state index in [4.69, 9.17) is 9.47 Å². The molecular weight excluding hydrogens is 502 g/mol. The van der Waals surface area contributed by atoms with Crippen LogP contribution in [0.1, 0.15) is 73.6 Å². The highest BCUT2D eigenvalue weighted by Gasteiger charge is 2.20. The van der Waals surface area contributed by atoms with Crippen LogP contribution in [0.3, 0.4) is 0 Å². The first-order chi connectivity index (χ1) is 18.3. The molecule has 2 heterocycles. The molecule has 0 saturated carbocycles. The zero-order chi connectivity index (χ0) is 28.9. The second kappa shape index (κ2) is 15.5. The summed E-state index contributed by atoms with van der Waals surface area (Å²) < 4.78 is 10.5. The Bertz CT molecular complexity index is 846. The standard InChI is InChI=1S/C26H49N9O4/c1-25(2,3)38-23(36)30-15-9-13-27-20-32-21(28-14-10-16-31-24(37)39-26(4,5)6)34-22(33-20)29-17-12-19-11-8-18-35(19)7/h19H,8-18H2,1-7H3,(H,30,36)(H,31,37)(H3,27,28,29,32,33,34). The van der Waals surface area contributed by atoms with Crippen LogP contribution in [-0.4, -0.2) is 95.6 Å². The molecule has 13 heteroatoms. The Morgan fingerprint density at radius 1 is 0.769 bits per heavy atom. The van der Waals surface area contributed by atoms with Gasteiger partial charge in [-0.25, -0.2) is 9.59 Å². The number of nitrogens with one attached hydrogen (secondary N) is 5. The minimum atomic E-state index is -0.529. The van der Waals surface area contributed by atoms with Crippen LogP contribution in [0.4, 0.5) is 27.4 Å². The van der Waals surface area contributed by atoms with Gasteiger partial charge in [0, 0.05) is 38.8 Å². The van der Waals surface area contributed by atoms with Gasteiger partial charge in [0.05, 0.1) is 0 Å². The van der Waals surface area contributed by atoms with Gasteiger partial charge in [0.25, 0.3) is 0 Å². The first-order valence-corrected chi connectivity index (χ1v) is 13.9. The monoisotopic (exact) mass is 551 g/mol. The molecule has 0 bridgehead atoms. The lowest BCUT2D eigenvalue weighted by Gasteiger charge is -2.20. The number of anilines is 3. The van der Waals surface area contributed by atoms with Crippen LogP contribution in [-0.2, 0) is 9.47 Å². The first kappa shape index (κ1) is 32.1. The van der Waals surface area contributed by atoms with Crippen LogP contribution in [0.15, 0.2) is 0 Å². The molecule has 2 amide bonds. The van der Waals surface area contributed by atoms with Gasteiger partial charge in [-0.3, -0.25) is 0 Å². The Kier molecular flexibility index (Phi) is 12.8. The Labute approximate surface area is 233 Å². The van der Waals surface area contributed by atoms with Crippen molar-refractivity contribution in [3.8, 4) is 0 Å². The molecule has 0 aliphatic carbocycles. The van der Waals surface area contributed by atoms with E-state index in [0.29, 0.717) is 62.9 Å². The van der Waals surface area contributed by atoms with E-state index in [1.807, 2.05) is 41.5 Å². The summed E-state index contributed by atoms with van der Waals surface area (Å²) in [7, 11) is 2.17. The van der Waals surface area contributed by atoms with E-state index in [0.717, 1.165) is 19.5 Å². The normalized spacial score (nSPS) is 15.9. The van der Waals surface area contributed by atoms with E-state index in [1.165, 1.54) is 12.8 Å². The Morgan fingerprint density at radius 3 is 1.59 bits per heavy atom. The number of aromatic nitrogens is 3. The molecule has 1 fully saturated rings. The highest BCUT2D eigenvalue weighted by atomic mass is 16.6. The number of nitrogens with zero attached hydrogens (tertiary/aromatic N) is 4. The lowest BCUT2D eigenvalue weighted by molar-refractivity contribution is 0.0516. The Hall–Kier alpha value is -3.09. The number of hydrogen-bond acceptors (Lipinski definition) is 11. The van der Waals surface area contributed by atoms with Crippen LogP contribution in [0.25, 0.3) is 0 Å². The molecule has 2 rings (SSSR count). The smallest absolute Gasteiger partial charge is 0.407 e. The predicted octanol–water partition coefficient (Wildman–Crippen LogP) is 3.42. The van der Waals surface area contributed by atoms with Crippen LogP contribution < -0.4 is 26.6 Å². The summed E-state index contributed by atoms with van der Waals surface area (Å²) in [5, 5.41) is 15.2. The number of carbonyl (C=O) groups is 2. The average molecular weight is 552 g/mol. The molecule has 1 unspecified atom stereocenters. The second-order valence-corrected chi connectivity index (χ2v) is 11.7. The van der Waals surface area contributed by atoms with Gasteiger partial charge in [0.1, 0.15) is 11.2 Å². The maximum absolute atomic E-state index is 11.8. The van der Waals surface area contributed by atoms with E-state index in [1.54, 1.807) is 0 Å². The summed E-state index contributed by atoms with van der Waals surface area (Å²) in [4.78, 5) is 39.5. The van der Waals surface area contributed by atoms with Crippen molar-refractivity contribution in [2.24, 2.45) is 0 Å². The number of ether oxygens (including phenoxy) is 2. The minimum Gasteiger partial charge on any atom is -0.444 e. The highest BCUT2D eigenvalue weighted by Crippen LogP contribution is 2.18. The molecule has 1 saturated heterocycles. The fraction of sp³-hybridized carbons (Fsp3) is 0.808. The molecule has 0 aromatic carbocycles. The predicted molar refractivity (Wildman–Crippen MR) is 153 cm³/mol. The number of hydrogen-bond donors (Lipinski definition) is 5. The Morgan fingerprint density at radius 2 is 1.21 bits per heavy atom. The van der Waals surface area contributed by atoms with Crippen molar-refractivity contribution in [3.63, 3.8) is 0 Å². The van der Waals surface area contributed by atoms with E-state index in [2.05, 4.69) is 53.5 Å². The number of alkyl carbamates (subject to hydrolysis) is 2. The summed E-state index contributed by atoms with van der Waals surface area (Å²) in [6, 6.07) is 0.574. The average Bonchev–Trinajstić information content (AvgIpc) is 3.21. The third-order valence-corrected chi connectivity index (χ3v) is 5.68. The molecule has 1 aliphatic heterocycles. The van der Waals surface area contributed by atoms with Gasteiger partial charge in [0.15, 0.2) is 0 Å². The topological polar surface area (TPSA) is 155 Å². The number of carbonyl (C=O) groups excluding carboxylic acids is 2. The highest BCUT2D eigenvalue weighted by molar-refractivity contribution is 5.67. The molecule has 222 valence electrons. The molecule has 39 heavy (non-hydrogen) atoms. The molecule has 1 atom stereocenters. The molecular formula is C26H49N9O4. The summed E-state index contributed by atoms with van der Waals surface area (Å²) in [6.45, 7) is 14.9. The van der Waals surface area contributed by atoms with E-state index >= 15 is 0 Å². The van der Waals surface area contributed by atoms with Gasteiger partial charge in [-0.05, 0) is 87.2 Å². The van der Waals surface area contributed by atoms with Crippen LogP contribution in [0.2, 0.25) is 0 Å². The van der Waals surface area contributed by atoms with Crippen molar-refractivity contribution in [2.45, 2.75) is 90.9 Å². The molecule has 1 aliphatic rings. The van der Waals surface area contributed by atoms with E-state index < -0.39 is 23.4 Å². The lowest BCUT2D eigenvalue weighted by atomic mass is 10.1. The fourth-order valence-corrected chi connectivity index (χ4v) is 3.89. The van der Waals surface area contributed by atoms with Crippen LogP contribution >= 0.6 is 0 Å². The third kappa shape index (κ3) is 14.6. The SMILES string of the molecule is CN1CCCC1CCNc1nc(NCCCNC(=O)OC(C)(C)C)nc(NCCCNC(=O)OC(C)(C)C)n1. The maximum Gasteiger partial charge on any atom is 0.407 e. The summed E-state index contributed by atoms with van der Waals surface area (Å²) in [5.41, 5.74) is -1.06. The molecule has 13 nitrogen and oxygen atoms in total. The summed E-state index contributed by atoms with van der Waals surface area (Å²) in [6.07, 6.45) is 3.93. The van der Waals surface area contributed by atoms with Crippen molar-refractivity contribution < 1.29 is 19.1 Å². The zero-order valence-electron chi connectivity index (χ0n) is 24.8. The van der Waals surface area contributed by atoms with Gasteiger partial charge in [0.2, 0.25) is 17.8 Å². The van der Waals surface area contributed by atoms with Gasteiger partial charge >= 0.3 is 12.2 Å². The van der Waals surface area contributed by atoms with Crippen molar-refractivity contribution in [1.29, 1.82) is 0 Å². The minimum absolute atomic E-state index is 0.435. The fourth-order valence-electron chi connectivity index (χ4n) is 3.89. The molecule has 0 spiro atoms. The number of amides is 2. The van der Waals surface area contributed by atoms with Gasteiger partial charge in [-0.15, -0.1) is 0 Å². The van der Waals surface area contributed by atoms with Crippen molar-refractivity contribution >= 4 is 30.0 Å². The van der Waals surface area contributed by atoms with Gasteiger partial charge in [-0.1, -0.05) is 0 Å². The Balaban J connectivity index is 1.84. The van der Waals surface area contributed by atoms with Crippen molar-refractivity contribution in [2.75, 3.05) is 62.3 Å². The van der Waals surface area contributed by atoms with Gasteiger partial charge in [-0.2, -0.15) is 15.0 Å². The molecule has 5 N–H and O–H groups in total. The maximum atomic E-state index is 11.8. The van der Waals surface area contributed by atoms with Crippen LogP contribution in [0, 0.1) is 0 Å². The molecule has 1 aromatic heterocycles. The van der Waals surface area contributed by atoms with E-state index in [-0.39, 0.29) is 0 Å². The second-order valence-electron chi connectivity index (χ2n) is 11.7. The number of likely N-dealkylation sites (tertiary alicyclic amines) is 1. The van der Waals surface area contributed by atoms with Gasteiger partial charge < -0.3 is 41.0 Å². The van der Waals surface area contributed by atoms with E-state index in [9.17, 15) is 9.59 Å². The lowest BCUT2D eigenvalue weighted by Crippen LogP contribution is -2.33. The first-order valence-electron chi connectivity index (χ1n) is 13.9. The van der Waals surface area contributed by atoms with Crippen molar-refractivity contribution in [1.82, 2.24) is 30.5 Å². The zero-order valence-corrected chi connectivity index (χ0v) is 24.8. The molecule has 1 aromatic rings. The summed E-state index contributed by atoms with van der Waals surface area (Å²) in [5.74, 6) is 1.38. The largest absolute Gasteiger partial charge is 0.444 e. The van der Waals surface area contributed by atoms with Crippen molar-refractivity contribution in [3.05, 3.63) is 0 Å². The van der Waals surface area contributed by atoms with Crippen LogP contribution in [0.5, 0.6) is 0 Å². The summed E-state index contributed by atoms with van der Waals surface area (Å²) >= 11 is 0. The third-order valence-electron chi connectivity index (χ3n) is 5.68. The number of rotatable bonds is 14.